The highest BCUT2D eigenvalue weighted by molar-refractivity contribution is 7.98. The molecule has 1 N–H and O–H groups in total. The number of aryl methyl sites for hydroxylation is 1. The molecule has 4 rings (SSSR count). The largest absolute Gasteiger partial charge is 0.304 e. The van der Waals surface area contributed by atoms with E-state index in [-0.39, 0.29) is 5.56 Å². The first kappa shape index (κ1) is 11.6. The number of aromatic amines is 1. The van der Waals surface area contributed by atoms with E-state index in [0.29, 0.717) is 5.82 Å². The lowest BCUT2D eigenvalue weighted by Crippen LogP contribution is -2.11. The van der Waals surface area contributed by atoms with Gasteiger partial charge in [0.15, 0.2) is 10.8 Å². The number of thioether (sulfide) groups is 1. The molecule has 0 radical (unpaired) electrons. The SMILES string of the molecule is O=c1[nH]c(-c2nccs2)nc2sc3c(c12)CCSC3. The van der Waals surface area contributed by atoms with E-state index < -0.39 is 0 Å². The Morgan fingerprint density at radius 3 is 3.16 bits per heavy atom. The molecule has 4 heterocycles. The third-order valence-corrected chi connectivity index (χ3v) is 6.18. The summed E-state index contributed by atoms with van der Waals surface area (Å²) in [5, 5.41) is 3.44. The third-order valence-electron chi connectivity index (χ3n) is 3.11. The topological polar surface area (TPSA) is 58.6 Å². The van der Waals surface area contributed by atoms with Crippen molar-refractivity contribution in [2.75, 3.05) is 5.75 Å². The summed E-state index contributed by atoms with van der Waals surface area (Å²) in [5.74, 6) is 2.67. The fraction of sp³-hybridized carbons (Fsp3) is 0.250. The first-order chi connectivity index (χ1) is 9.33. The molecule has 0 aliphatic carbocycles. The number of nitrogens with one attached hydrogen (secondary N) is 1. The van der Waals surface area contributed by atoms with Crippen LogP contribution in [-0.2, 0) is 12.2 Å². The highest BCUT2D eigenvalue weighted by Crippen LogP contribution is 2.35. The van der Waals surface area contributed by atoms with Gasteiger partial charge in [0, 0.05) is 22.2 Å². The van der Waals surface area contributed by atoms with Gasteiger partial charge in [-0.2, -0.15) is 11.8 Å². The second-order valence-corrected chi connectivity index (χ2v) is 7.32. The minimum Gasteiger partial charge on any atom is -0.304 e. The molecule has 0 bridgehead atoms. The molecule has 0 amide bonds. The number of aromatic nitrogens is 3. The molecule has 0 saturated heterocycles. The lowest BCUT2D eigenvalue weighted by molar-refractivity contribution is 1.11. The third kappa shape index (κ3) is 1.84. The number of thiophene rings is 1. The van der Waals surface area contributed by atoms with Crippen LogP contribution in [0.25, 0.3) is 21.0 Å². The summed E-state index contributed by atoms with van der Waals surface area (Å²) < 4.78 is 0. The predicted molar refractivity (Wildman–Crippen MR) is 81.2 cm³/mol. The van der Waals surface area contributed by atoms with Gasteiger partial charge in [0.1, 0.15) is 4.83 Å². The molecule has 0 unspecified atom stereocenters. The standard InChI is InChI=1S/C12H9N3OS3/c16-10-8-6-1-3-17-5-7(6)19-11(8)15-9(14-10)12-13-2-4-18-12/h2,4H,1,3,5H2,(H,14,15,16). The summed E-state index contributed by atoms with van der Waals surface area (Å²) in [6, 6.07) is 0. The van der Waals surface area contributed by atoms with E-state index in [1.165, 1.54) is 21.8 Å². The number of nitrogens with zero attached hydrogens (tertiary/aromatic N) is 2. The van der Waals surface area contributed by atoms with Gasteiger partial charge in [-0.3, -0.25) is 4.79 Å². The normalized spacial score (nSPS) is 14.7. The summed E-state index contributed by atoms with van der Waals surface area (Å²) >= 11 is 5.06. The Kier molecular flexibility index (Phi) is 2.71. The quantitative estimate of drug-likeness (QED) is 0.751. The Labute approximate surface area is 120 Å². The maximum absolute atomic E-state index is 12.3. The van der Waals surface area contributed by atoms with Crippen molar-refractivity contribution in [3.8, 4) is 10.8 Å². The average molecular weight is 307 g/mol. The van der Waals surface area contributed by atoms with Crippen molar-refractivity contribution in [1.29, 1.82) is 0 Å². The van der Waals surface area contributed by atoms with E-state index in [9.17, 15) is 4.79 Å². The van der Waals surface area contributed by atoms with Crippen molar-refractivity contribution < 1.29 is 0 Å². The van der Waals surface area contributed by atoms with Gasteiger partial charge in [0.05, 0.1) is 5.39 Å². The maximum Gasteiger partial charge on any atom is 0.260 e. The number of hydrogen-bond acceptors (Lipinski definition) is 6. The van der Waals surface area contributed by atoms with E-state index in [2.05, 4.69) is 15.0 Å². The lowest BCUT2D eigenvalue weighted by Gasteiger charge is -2.09. The highest BCUT2D eigenvalue weighted by Gasteiger charge is 2.20. The first-order valence-electron chi connectivity index (χ1n) is 5.85. The van der Waals surface area contributed by atoms with Crippen molar-refractivity contribution in [2.24, 2.45) is 0 Å². The Balaban J connectivity index is 2.00. The monoisotopic (exact) mass is 307 g/mol. The molecular formula is C12H9N3OS3. The smallest absolute Gasteiger partial charge is 0.260 e. The molecule has 1 aliphatic heterocycles. The van der Waals surface area contributed by atoms with Crippen LogP contribution in [0.15, 0.2) is 16.4 Å². The Morgan fingerprint density at radius 1 is 1.37 bits per heavy atom. The zero-order valence-electron chi connectivity index (χ0n) is 9.80. The predicted octanol–water partition coefficient (Wildman–Crippen LogP) is 2.90. The summed E-state index contributed by atoms with van der Waals surface area (Å²) in [4.78, 5) is 26.1. The second-order valence-electron chi connectivity index (χ2n) is 4.24. The lowest BCUT2D eigenvalue weighted by atomic mass is 10.1. The fourth-order valence-corrected chi connectivity index (χ4v) is 5.21. The molecule has 0 spiro atoms. The number of thiazole rings is 1. The van der Waals surface area contributed by atoms with Gasteiger partial charge < -0.3 is 4.98 Å². The van der Waals surface area contributed by atoms with E-state index in [0.717, 1.165) is 33.2 Å². The molecule has 3 aromatic rings. The average Bonchev–Trinajstić information content (AvgIpc) is 3.05. The summed E-state index contributed by atoms with van der Waals surface area (Å²) in [6.45, 7) is 0. The van der Waals surface area contributed by atoms with E-state index >= 15 is 0 Å². The van der Waals surface area contributed by atoms with Crippen LogP contribution in [0.2, 0.25) is 0 Å². The van der Waals surface area contributed by atoms with Gasteiger partial charge in [-0.15, -0.1) is 22.7 Å². The van der Waals surface area contributed by atoms with Crippen molar-refractivity contribution >= 4 is 44.7 Å². The van der Waals surface area contributed by atoms with Gasteiger partial charge >= 0.3 is 0 Å². The number of hydrogen-bond donors (Lipinski definition) is 1. The van der Waals surface area contributed by atoms with Crippen LogP contribution in [0, 0.1) is 0 Å². The van der Waals surface area contributed by atoms with Crippen molar-refractivity contribution in [2.45, 2.75) is 12.2 Å². The summed E-state index contributed by atoms with van der Waals surface area (Å²) in [5.41, 5.74) is 1.18. The van der Waals surface area contributed by atoms with Crippen LogP contribution in [0.3, 0.4) is 0 Å². The fourth-order valence-electron chi connectivity index (χ4n) is 2.27. The maximum atomic E-state index is 12.3. The zero-order valence-corrected chi connectivity index (χ0v) is 12.3. The van der Waals surface area contributed by atoms with Crippen LogP contribution < -0.4 is 5.56 Å². The molecule has 7 heteroatoms. The minimum atomic E-state index is -0.0281. The van der Waals surface area contributed by atoms with E-state index in [1.807, 2.05) is 17.1 Å². The number of fused-ring (bicyclic) bond motifs is 3. The summed E-state index contributed by atoms with van der Waals surface area (Å²) in [7, 11) is 0. The molecule has 0 aromatic carbocycles. The van der Waals surface area contributed by atoms with Crippen molar-refractivity contribution in [3.63, 3.8) is 0 Å². The van der Waals surface area contributed by atoms with Crippen LogP contribution in [0.4, 0.5) is 0 Å². The first-order valence-corrected chi connectivity index (χ1v) is 8.70. The Morgan fingerprint density at radius 2 is 2.32 bits per heavy atom. The summed E-state index contributed by atoms with van der Waals surface area (Å²) in [6.07, 6.45) is 2.70. The van der Waals surface area contributed by atoms with Crippen molar-refractivity contribution in [1.82, 2.24) is 15.0 Å². The van der Waals surface area contributed by atoms with Crippen LogP contribution in [0.5, 0.6) is 0 Å². The molecule has 0 atom stereocenters. The zero-order chi connectivity index (χ0) is 12.8. The Bertz CT molecular complexity index is 804. The van der Waals surface area contributed by atoms with Gasteiger partial charge in [0.2, 0.25) is 0 Å². The molecule has 4 nitrogen and oxygen atoms in total. The molecule has 0 saturated carbocycles. The molecular weight excluding hydrogens is 298 g/mol. The Hall–Kier alpha value is -1.18. The van der Waals surface area contributed by atoms with Crippen molar-refractivity contribution in [3.05, 3.63) is 32.4 Å². The van der Waals surface area contributed by atoms with Crippen LogP contribution >= 0.6 is 34.4 Å². The number of rotatable bonds is 1. The van der Waals surface area contributed by atoms with E-state index in [1.54, 1.807) is 17.5 Å². The van der Waals surface area contributed by atoms with Crippen LogP contribution in [0.1, 0.15) is 10.4 Å². The molecule has 96 valence electrons. The minimum absolute atomic E-state index is 0.0281. The van der Waals surface area contributed by atoms with Crippen LogP contribution in [-0.4, -0.2) is 20.7 Å². The number of H-pyrrole nitrogens is 1. The van der Waals surface area contributed by atoms with E-state index in [4.69, 9.17) is 0 Å². The second kappa shape index (κ2) is 4.43. The van der Waals surface area contributed by atoms with Gasteiger partial charge in [-0.25, -0.2) is 9.97 Å². The van der Waals surface area contributed by atoms with Gasteiger partial charge in [0.25, 0.3) is 5.56 Å². The molecule has 1 aliphatic rings. The molecule has 19 heavy (non-hydrogen) atoms. The molecule has 0 fully saturated rings. The van der Waals surface area contributed by atoms with Gasteiger partial charge in [-0.05, 0) is 17.7 Å². The highest BCUT2D eigenvalue weighted by atomic mass is 32.2. The van der Waals surface area contributed by atoms with Gasteiger partial charge in [-0.1, -0.05) is 0 Å². The molecule has 3 aromatic heterocycles.